The second kappa shape index (κ2) is 6.54. The van der Waals surface area contributed by atoms with Crippen molar-refractivity contribution in [3.05, 3.63) is 65.0 Å². The molecule has 5 nitrogen and oxygen atoms in total. The van der Waals surface area contributed by atoms with Gasteiger partial charge in [-0.3, -0.25) is 10.1 Å². The monoisotopic (exact) mass is 305 g/mol. The van der Waals surface area contributed by atoms with Gasteiger partial charge in [-0.05, 0) is 12.1 Å². The minimum atomic E-state index is -0.365. The minimum Gasteiger partial charge on any atom is -1.00 e. The van der Waals surface area contributed by atoms with Gasteiger partial charge in [0.1, 0.15) is 0 Å². The zero-order chi connectivity index (χ0) is 13.9. The lowest BCUT2D eigenvalue weighted by Gasteiger charge is -2.16. The largest absolute Gasteiger partial charge is 1.00 e. The molecule has 0 aliphatic carbocycles. The molecule has 1 aliphatic heterocycles. The van der Waals surface area contributed by atoms with Crippen LogP contribution in [0.15, 0.2) is 54.9 Å². The fourth-order valence-electron chi connectivity index (χ4n) is 2.66. The van der Waals surface area contributed by atoms with Crippen molar-refractivity contribution in [2.45, 2.75) is 12.5 Å². The van der Waals surface area contributed by atoms with E-state index >= 15 is 0 Å². The fourth-order valence-corrected chi connectivity index (χ4v) is 2.66. The summed E-state index contributed by atoms with van der Waals surface area (Å²) < 4.78 is 2.23. The predicted molar refractivity (Wildman–Crippen MR) is 75.6 cm³/mol. The van der Waals surface area contributed by atoms with Crippen molar-refractivity contribution in [3.63, 3.8) is 0 Å². The van der Waals surface area contributed by atoms with E-state index in [-0.39, 0.29) is 23.0 Å². The molecule has 0 radical (unpaired) electrons. The average Bonchev–Trinajstić information content (AvgIpc) is 2.98. The number of non-ortho nitro benzene ring substituents is 1. The highest BCUT2D eigenvalue weighted by atomic mass is 35.5. The summed E-state index contributed by atoms with van der Waals surface area (Å²) in [5.74, 6) is 0. The van der Waals surface area contributed by atoms with Crippen LogP contribution in [0.5, 0.6) is 0 Å². The number of rotatable bonds is 3. The normalized spacial score (nSPS) is 17.3. The molecule has 21 heavy (non-hydrogen) atoms. The lowest BCUT2D eigenvalue weighted by molar-refractivity contribution is -0.718. The van der Waals surface area contributed by atoms with Gasteiger partial charge < -0.3 is 17.3 Å². The van der Waals surface area contributed by atoms with Gasteiger partial charge in [0.05, 0.1) is 11.5 Å². The Morgan fingerprint density at radius 1 is 1.14 bits per heavy atom. The van der Waals surface area contributed by atoms with Crippen LogP contribution in [0.4, 0.5) is 11.4 Å². The number of hydrogen-bond acceptors (Lipinski definition) is 3. The fraction of sp³-hybridized carbons (Fsp3) is 0.267. The summed E-state index contributed by atoms with van der Waals surface area (Å²) >= 11 is 0. The van der Waals surface area contributed by atoms with Crippen LogP contribution in [0.1, 0.15) is 12.5 Å². The van der Waals surface area contributed by atoms with Crippen LogP contribution in [0.2, 0.25) is 0 Å². The second-order valence-corrected chi connectivity index (χ2v) is 4.98. The molecule has 1 atom stereocenters. The van der Waals surface area contributed by atoms with Crippen molar-refractivity contribution in [2.75, 3.05) is 18.0 Å². The van der Waals surface area contributed by atoms with Crippen LogP contribution in [-0.4, -0.2) is 18.0 Å². The van der Waals surface area contributed by atoms with E-state index in [9.17, 15) is 10.1 Å². The van der Waals surface area contributed by atoms with E-state index in [2.05, 4.69) is 21.9 Å². The Balaban J connectivity index is 0.00000161. The molecule has 1 aliphatic rings. The summed E-state index contributed by atoms with van der Waals surface area (Å²) in [7, 11) is 0. The smallest absolute Gasteiger partial charge is 0.269 e. The third kappa shape index (κ3) is 3.31. The predicted octanol–water partition coefficient (Wildman–Crippen LogP) is -0.662. The standard InChI is InChI=1S/C15H16N3O2.ClH/c19-18(20)14-6-4-13(5-7-14)17-11-8-15(12-17)16-9-2-1-3-10-16;/h1-7,9-10,15H,8,11-12H2;1H/q+1;/p-1. The molecule has 1 aromatic carbocycles. The van der Waals surface area contributed by atoms with Crippen LogP contribution in [0.25, 0.3) is 0 Å². The van der Waals surface area contributed by atoms with E-state index < -0.39 is 0 Å². The molecule has 0 saturated carbocycles. The number of nitrogens with zero attached hydrogens (tertiary/aromatic N) is 3. The number of halogens is 1. The molecular formula is C15H16ClN3O2. The van der Waals surface area contributed by atoms with E-state index in [1.54, 1.807) is 12.1 Å². The molecule has 2 aromatic rings. The van der Waals surface area contributed by atoms with E-state index in [4.69, 9.17) is 0 Å². The highest BCUT2D eigenvalue weighted by Crippen LogP contribution is 2.25. The molecule has 0 N–H and O–H groups in total. The van der Waals surface area contributed by atoms with Crippen LogP contribution in [-0.2, 0) is 0 Å². The Hall–Kier alpha value is -2.14. The van der Waals surface area contributed by atoms with Crippen molar-refractivity contribution in [2.24, 2.45) is 0 Å². The van der Waals surface area contributed by atoms with Crippen LogP contribution in [0, 0.1) is 10.1 Å². The van der Waals surface area contributed by atoms with Crippen molar-refractivity contribution < 1.29 is 21.9 Å². The lowest BCUT2D eigenvalue weighted by atomic mass is 10.2. The number of benzene rings is 1. The SMILES string of the molecule is O=[N+]([O-])c1ccc(N2CCC([n+]3ccccc3)C2)cc1.[Cl-]. The first kappa shape index (κ1) is 15.3. The Morgan fingerprint density at radius 2 is 1.81 bits per heavy atom. The van der Waals surface area contributed by atoms with Crippen molar-refractivity contribution >= 4 is 11.4 Å². The first-order valence-electron chi connectivity index (χ1n) is 6.69. The summed E-state index contributed by atoms with van der Waals surface area (Å²) in [6.45, 7) is 1.91. The first-order chi connectivity index (χ1) is 9.74. The maximum absolute atomic E-state index is 10.7. The van der Waals surface area contributed by atoms with E-state index in [0.29, 0.717) is 6.04 Å². The third-order valence-electron chi connectivity index (χ3n) is 3.75. The highest BCUT2D eigenvalue weighted by Gasteiger charge is 2.29. The number of aromatic nitrogens is 1. The van der Waals surface area contributed by atoms with Gasteiger partial charge in [-0.1, -0.05) is 6.07 Å². The molecule has 0 spiro atoms. The quantitative estimate of drug-likeness (QED) is 0.430. The lowest BCUT2D eigenvalue weighted by Crippen LogP contribution is -3.00. The maximum atomic E-state index is 10.7. The molecule has 3 rings (SSSR count). The molecule has 110 valence electrons. The van der Waals surface area contributed by atoms with Gasteiger partial charge in [0.25, 0.3) is 5.69 Å². The van der Waals surface area contributed by atoms with Gasteiger partial charge in [0, 0.05) is 42.9 Å². The molecule has 2 heterocycles. The Labute approximate surface area is 129 Å². The Kier molecular flexibility index (Phi) is 4.75. The van der Waals surface area contributed by atoms with E-state index in [0.717, 1.165) is 25.2 Å². The number of nitro groups is 1. The molecule has 0 bridgehead atoms. The highest BCUT2D eigenvalue weighted by molar-refractivity contribution is 5.51. The third-order valence-corrected chi connectivity index (χ3v) is 3.75. The van der Waals surface area contributed by atoms with Crippen molar-refractivity contribution in [1.82, 2.24) is 0 Å². The summed E-state index contributed by atoms with van der Waals surface area (Å²) in [4.78, 5) is 12.6. The number of nitro benzene ring substituents is 1. The molecule has 1 aromatic heterocycles. The van der Waals surface area contributed by atoms with Gasteiger partial charge in [-0.15, -0.1) is 0 Å². The molecule has 1 saturated heterocycles. The van der Waals surface area contributed by atoms with E-state index in [1.165, 1.54) is 0 Å². The average molecular weight is 306 g/mol. The second-order valence-electron chi connectivity index (χ2n) is 4.98. The van der Waals surface area contributed by atoms with Gasteiger partial charge in [-0.25, -0.2) is 4.57 Å². The van der Waals surface area contributed by atoms with Crippen LogP contribution >= 0.6 is 0 Å². The van der Waals surface area contributed by atoms with Gasteiger partial charge >= 0.3 is 0 Å². The molecule has 6 heteroatoms. The van der Waals surface area contributed by atoms with Crippen molar-refractivity contribution in [1.29, 1.82) is 0 Å². The zero-order valence-electron chi connectivity index (χ0n) is 11.4. The molecule has 1 unspecified atom stereocenters. The first-order valence-corrected chi connectivity index (χ1v) is 6.69. The Bertz CT molecular complexity index is 604. The number of hydrogen-bond donors (Lipinski definition) is 0. The summed E-state index contributed by atoms with van der Waals surface area (Å²) in [6.07, 6.45) is 5.26. The topological polar surface area (TPSA) is 50.3 Å². The molecular weight excluding hydrogens is 290 g/mol. The van der Waals surface area contributed by atoms with Gasteiger partial charge in [0.15, 0.2) is 18.4 Å². The summed E-state index contributed by atoms with van der Waals surface area (Å²) in [5, 5.41) is 10.7. The van der Waals surface area contributed by atoms with Crippen LogP contribution < -0.4 is 21.9 Å². The van der Waals surface area contributed by atoms with E-state index in [1.807, 2.05) is 30.3 Å². The zero-order valence-corrected chi connectivity index (χ0v) is 12.2. The van der Waals surface area contributed by atoms with Gasteiger partial charge in [0.2, 0.25) is 0 Å². The Morgan fingerprint density at radius 3 is 2.43 bits per heavy atom. The summed E-state index contributed by atoms with van der Waals surface area (Å²) in [5.41, 5.74) is 1.19. The van der Waals surface area contributed by atoms with Crippen molar-refractivity contribution in [3.8, 4) is 0 Å². The molecule has 1 fully saturated rings. The number of anilines is 1. The maximum Gasteiger partial charge on any atom is 0.269 e. The minimum absolute atomic E-state index is 0. The van der Waals surface area contributed by atoms with Crippen LogP contribution in [0.3, 0.4) is 0 Å². The molecule has 0 amide bonds. The van der Waals surface area contributed by atoms with Gasteiger partial charge in [-0.2, -0.15) is 0 Å². The summed E-state index contributed by atoms with van der Waals surface area (Å²) in [6, 6.07) is 13.3. The number of pyridine rings is 1.